The highest BCUT2D eigenvalue weighted by molar-refractivity contribution is 7.13. The van der Waals surface area contributed by atoms with E-state index in [0.29, 0.717) is 24.0 Å². The molecular formula is C22H21FN2OS. The van der Waals surface area contributed by atoms with Crippen LogP contribution < -0.4 is 0 Å². The molecule has 3 nitrogen and oxygen atoms in total. The number of Topliss-reactive ketones (excluding diaryl/α,β-unsaturated/α-hetero) is 1. The molecule has 1 aromatic heterocycles. The van der Waals surface area contributed by atoms with E-state index in [4.69, 9.17) is 0 Å². The number of rotatable bonds is 4. The second-order valence-electron chi connectivity index (χ2n) is 7.78. The number of carbonyl (C=O) groups excluding carboxylic acids is 1. The Morgan fingerprint density at radius 1 is 1.15 bits per heavy atom. The van der Waals surface area contributed by atoms with Gasteiger partial charge in [0.2, 0.25) is 0 Å². The first-order valence-corrected chi connectivity index (χ1v) is 10.4. The summed E-state index contributed by atoms with van der Waals surface area (Å²) < 4.78 is 19.0. The number of ketones is 1. The average Bonchev–Trinajstić information content (AvgIpc) is 3.12. The monoisotopic (exact) mass is 380 g/mol. The van der Waals surface area contributed by atoms with Gasteiger partial charge in [0, 0.05) is 18.4 Å². The van der Waals surface area contributed by atoms with E-state index in [9.17, 15) is 9.18 Å². The fourth-order valence-electron chi connectivity index (χ4n) is 4.64. The van der Waals surface area contributed by atoms with Crippen LogP contribution in [0.3, 0.4) is 0 Å². The van der Waals surface area contributed by atoms with Crippen LogP contribution in [0.2, 0.25) is 0 Å². The van der Waals surface area contributed by atoms with Gasteiger partial charge >= 0.3 is 0 Å². The molecule has 5 heteroatoms. The van der Waals surface area contributed by atoms with E-state index in [1.807, 2.05) is 24.3 Å². The van der Waals surface area contributed by atoms with Gasteiger partial charge in [-0.1, -0.05) is 24.3 Å². The van der Waals surface area contributed by atoms with Gasteiger partial charge in [0.1, 0.15) is 11.5 Å². The van der Waals surface area contributed by atoms with Crippen LogP contribution >= 0.6 is 11.5 Å². The number of hydrogen-bond donors (Lipinski definition) is 0. The zero-order valence-electron chi connectivity index (χ0n) is 15.0. The summed E-state index contributed by atoms with van der Waals surface area (Å²) in [6.07, 6.45) is 3.06. The molecule has 1 atom stereocenters. The van der Waals surface area contributed by atoms with Gasteiger partial charge in [0.05, 0.1) is 4.70 Å². The fraction of sp³-hybridized carbons (Fsp3) is 0.364. The maximum Gasteiger partial charge on any atom is 0.183 e. The number of benzene rings is 2. The van der Waals surface area contributed by atoms with Crippen LogP contribution in [0.5, 0.6) is 0 Å². The first-order valence-electron chi connectivity index (χ1n) is 9.58. The Kier molecular flexibility index (Phi) is 4.29. The van der Waals surface area contributed by atoms with Crippen molar-refractivity contribution in [2.24, 2.45) is 11.8 Å². The van der Waals surface area contributed by atoms with Gasteiger partial charge in [0.25, 0.3) is 0 Å². The lowest BCUT2D eigenvalue weighted by Gasteiger charge is -2.44. The summed E-state index contributed by atoms with van der Waals surface area (Å²) in [6, 6.07) is 12.5. The van der Waals surface area contributed by atoms with Crippen molar-refractivity contribution in [3.63, 3.8) is 0 Å². The molecule has 138 valence electrons. The lowest BCUT2D eigenvalue weighted by Crippen LogP contribution is -2.47. The van der Waals surface area contributed by atoms with Crippen molar-refractivity contribution < 1.29 is 9.18 Å². The molecule has 2 bridgehead atoms. The number of hydrogen-bond acceptors (Lipinski definition) is 4. The quantitative estimate of drug-likeness (QED) is 0.596. The Bertz CT molecular complexity index is 1010. The summed E-state index contributed by atoms with van der Waals surface area (Å²) in [5.41, 5.74) is 2.39. The van der Waals surface area contributed by atoms with E-state index >= 15 is 0 Å². The largest absolute Gasteiger partial charge is 0.303 e. The molecule has 0 aliphatic carbocycles. The van der Waals surface area contributed by atoms with Crippen molar-refractivity contribution in [3.05, 3.63) is 54.0 Å². The molecule has 6 rings (SSSR count). The second-order valence-corrected chi connectivity index (χ2v) is 8.58. The predicted molar refractivity (Wildman–Crippen MR) is 107 cm³/mol. The van der Waals surface area contributed by atoms with Crippen molar-refractivity contribution in [1.29, 1.82) is 0 Å². The maximum atomic E-state index is 13.5. The van der Waals surface area contributed by atoms with Crippen LogP contribution in [0.15, 0.2) is 42.5 Å². The topological polar surface area (TPSA) is 33.2 Å². The Labute approximate surface area is 162 Å². The first-order chi connectivity index (χ1) is 13.2. The minimum absolute atomic E-state index is 0.165. The number of carbonyl (C=O) groups is 1. The van der Waals surface area contributed by atoms with Crippen molar-refractivity contribution >= 4 is 27.4 Å². The third-order valence-electron chi connectivity index (χ3n) is 6.13. The number of aromatic nitrogens is 1. The zero-order chi connectivity index (χ0) is 18.4. The van der Waals surface area contributed by atoms with E-state index in [-0.39, 0.29) is 11.6 Å². The van der Waals surface area contributed by atoms with E-state index in [2.05, 4.69) is 9.27 Å². The molecule has 3 saturated heterocycles. The SMILES string of the molecule is O=C(C[C@@H]1CN2CCC1CC2)c1nsc2cc(-c3cccc(F)c3)ccc12. The van der Waals surface area contributed by atoms with E-state index < -0.39 is 0 Å². The van der Waals surface area contributed by atoms with Crippen LogP contribution in [-0.2, 0) is 0 Å². The Morgan fingerprint density at radius 2 is 1.96 bits per heavy atom. The summed E-state index contributed by atoms with van der Waals surface area (Å²) in [7, 11) is 0. The first kappa shape index (κ1) is 17.0. The van der Waals surface area contributed by atoms with Crippen molar-refractivity contribution in [2.45, 2.75) is 19.3 Å². The molecule has 2 aromatic carbocycles. The average molecular weight is 380 g/mol. The molecule has 3 aromatic rings. The zero-order valence-corrected chi connectivity index (χ0v) is 15.8. The number of nitrogens with zero attached hydrogens (tertiary/aromatic N) is 2. The fourth-order valence-corrected chi connectivity index (χ4v) is 5.47. The molecule has 4 heterocycles. The minimum Gasteiger partial charge on any atom is -0.303 e. The van der Waals surface area contributed by atoms with Crippen molar-refractivity contribution in [1.82, 2.24) is 9.27 Å². The van der Waals surface area contributed by atoms with E-state index in [0.717, 1.165) is 27.8 Å². The molecule has 0 spiro atoms. The lowest BCUT2D eigenvalue weighted by atomic mass is 9.76. The highest BCUT2D eigenvalue weighted by Crippen LogP contribution is 2.36. The molecule has 0 radical (unpaired) electrons. The lowest BCUT2D eigenvalue weighted by molar-refractivity contribution is 0.0440. The normalized spacial score (nSPS) is 24.4. The van der Waals surface area contributed by atoms with Gasteiger partial charge in [0.15, 0.2) is 5.78 Å². The molecule has 0 saturated carbocycles. The molecule has 3 aliphatic heterocycles. The highest BCUT2D eigenvalue weighted by Gasteiger charge is 2.35. The Hall–Kier alpha value is -2.11. The van der Waals surface area contributed by atoms with Crippen molar-refractivity contribution in [3.8, 4) is 11.1 Å². The molecular weight excluding hydrogens is 359 g/mol. The van der Waals surface area contributed by atoms with E-state index in [1.165, 1.54) is 49.6 Å². The Balaban J connectivity index is 1.40. The highest BCUT2D eigenvalue weighted by atomic mass is 32.1. The summed E-state index contributed by atoms with van der Waals surface area (Å²) in [5, 5.41) is 0.923. The van der Waals surface area contributed by atoms with Crippen molar-refractivity contribution in [2.75, 3.05) is 19.6 Å². The van der Waals surface area contributed by atoms with Gasteiger partial charge in [-0.2, -0.15) is 4.37 Å². The van der Waals surface area contributed by atoms with Crippen LogP contribution in [-0.4, -0.2) is 34.7 Å². The summed E-state index contributed by atoms with van der Waals surface area (Å²) in [4.78, 5) is 15.4. The summed E-state index contributed by atoms with van der Waals surface area (Å²) in [5.74, 6) is 1.09. The van der Waals surface area contributed by atoms with E-state index in [1.54, 1.807) is 6.07 Å². The molecule has 3 fully saturated rings. The molecule has 0 amide bonds. The van der Waals surface area contributed by atoms with Crippen LogP contribution in [0, 0.1) is 17.7 Å². The molecule has 0 unspecified atom stereocenters. The standard InChI is InChI=1S/C22H21FN2OS/c23-18-3-1-2-15(10-18)16-4-5-19-21(12-16)27-24-22(19)20(26)11-17-13-25-8-6-14(17)7-9-25/h1-5,10,12,14,17H,6-9,11,13H2/t17-/m1/s1. The predicted octanol–water partition coefficient (Wildman–Crippen LogP) is 5.02. The number of halogens is 1. The van der Waals surface area contributed by atoms with Gasteiger partial charge in [-0.25, -0.2) is 4.39 Å². The number of piperidine rings is 3. The van der Waals surface area contributed by atoms with Gasteiger partial charge in [-0.05, 0) is 78.6 Å². The Morgan fingerprint density at radius 3 is 2.70 bits per heavy atom. The van der Waals surface area contributed by atoms with Crippen LogP contribution in [0.1, 0.15) is 29.8 Å². The van der Waals surface area contributed by atoms with Gasteiger partial charge < -0.3 is 4.90 Å². The third kappa shape index (κ3) is 3.19. The smallest absolute Gasteiger partial charge is 0.183 e. The van der Waals surface area contributed by atoms with Crippen LogP contribution in [0.4, 0.5) is 4.39 Å². The minimum atomic E-state index is -0.245. The number of fused-ring (bicyclic) bond motifs is 4. The van der Waals surface area contributed by atoms with Gasteiger partial charge in [-0.15, -0.1) is 0 Å². The van der Waals surface area contributed by atoms with Crippen LogP contribution in [0.25, 0.3) is 21.2 Å². The summed E-state index contributed by atoms with van der Waals surface area (Å²) in [6.45, 7) is 3.44. The molecule has 3 aliphatic rings. The summed E-state index contributed by atoms with van der Waals surface area (Å²) >= 11 is 1.36. The molecule has 0 N–H and O–H groups in total. The maximum absolute atomic E-state index is 13.5. The van der Waals surface area contributed by atoms with Gasteiger partial charge in [-0.3, -0.25) is 4.79 Å². The second kappa shape index (κ2) is 6.80. The third-order valence-corrected chi connectivity index (χ3v) is 6.94. The molecule has 27 heavy (non-hydrogen) atoms.